The minimum atomic E-state index is -0.818. The summed E-state index contributed by atoms with van der Waals surface area (Å²) >= 11 is 0. The van der Waals surface area contributed by atoms with E-state index in [9.17, 15) is 9.59 Å². The fraction of sp³-hybridized carbons (Fsp3) is 0.529. The normalized spacial score (nSPS) is 21.5. The van der Waals surface area contributed by atoms with Gasteiger partial charge in [0.1, 0.15) is 5.75 Å². The van der Waals surface area contributed by atoms with Crippen LogP contribution in [-0.2, 0) is 16.0 Å². The van der Waals surface area contributed by atoms with Gasteiger partial charge in [0.25, 0.3) is 0 Å². The summed E-state index contributed by atoms with van der Waals surface area (Å²) in [5, 5.41) is 9.16. The molecule has 2 rings (SSSR count). The molecule has 1 amide bonds. The molecule has 1 aromatic rings. The number of aryl methyl sites for hydroxylation is 1. The number of nitrogens with zero attached hydrogens (tertiary/aromatic N) is 1. The molecule has 0 aliphatic carbocycles. The van der Waals surface area contributed by atoms with Gasteiger partial charge < -0.3 is 14.7 Å². The smallest absolute Gasteiger partial charge is 0.308 e. The first kappa shape index (κ1) is 16.3. The third-order valence-corrected chi connectivity index (χ3v) is 4.38. The van der Waals surface area contributed by atoms with Crippen LogP contribution >= 0.6 is 0 Å². The van der Waals surface area contributed by atoms with Crippen molar-refractivity contribution in [3.05, 3.63) is 29.3 Å². The molecule has 0 aromatic heterocycles. The van der Waals surface area contributed by atoms with Crippen LogP contribution in [0.2, 0.25) is 0 Å². The maximum Gasteiger partial charge on any atom is 0.308 e. The minimum Gasteiger partial charge on any atom is -0.496 e. The highest BCUT2D eigenvalue weighted by Gasteiger charge is 2.32. The van der Waals surface area contributed by atoms with Crippen LogP contribution in [0.4, 0.5) is 0 Å². The van der Waals surface area contributed by atoms with Gasteiger partial charge >= 0.3 is 5.97 Å². The molecule has 0 radical (unpaired) electrons. The van der Waals surface area contributed by atoms with E-state index in [0.717, 1.165) is 23.3 Å². The highest BCUT2D eigenvalue weighted by molar-refractivity contribution is 5.80. The van der Waals surface area contributed by atoms with Crippen molar-refractivity contribution in [2.24, 2.45) is 5.92 Å². The molecule has 1 N–H and O–H groups in total. The number of rotatable bonds is 4. The lowest BCUT2D eigenvalue weighted by Gasteiger charge is -2.36. The Labute approximate surface area is 130 Å². The quantitative estimate of drug-likeness (QED) is 0.926. The number of piperidine rings is 1. The van der Waals surface area contributed by atoms with Crippen LogP contribution in [0.5, 0.6) is 5.75 Å². The number of hydrogen-bond donors (Lipinski definition) is 1. The number of likely N-dealkylation sites (tertiary alicyclic amines) is 1. The summed E-state index contributed by atoms with van der Waals surface area (Å²) in [6, 6.07) is 5.81. The zero-order valence-corrected chi connectivity index (χ0v) is 13.3. The number of benzene rings is 1. The largest absolute Gasteiger partial charge is 0.496 e. The summed E-state index contributed by atoms with van der Waals surface area (Å²) in [6.45, 7) is 4.23. The molecule has 1 saturated heterocycles. The summed E-state index contributed by atoms with van der Waals surface area (Å²) in [5.74, 6) is -0.529. The number of ether oxygens (including phenoxy) is 1. The minimum absolute atomic E-state index is 0.0237. The molecule has 1 aliphatic heterocycles. The van der Waals surface area contributed by atoms with E-state index in [1.54, 1.807) is 12.0 Å². The zero-order valence-electron chi connectivity index (χ0n) is 13.3. The fourth-order valence-corrected chi connectivity index (χ4v) is 2.91. The van der Waals surface area contributed by atoms with Crippen molar-refractivity contribution in [1.29, 1.82) is 0 Å². The van der Waals surface area contributed by atoms with E-state index in [4.69, 9.17) is 9.84 Å². The Morgan fingerprint density at radius 1 is 1.36 bits per heavy atom. The lowest BCUT2D eigenvalue weighted by Crippen LogP contribution is -2.47. The second kappa shape index (κ2) is 6.81. The van der Waals surface area contributed by atoms with E-state index in [1.165, 1.54) is 0 Å². The number of carbonyl (C=O) groups excluding carboxylic acids is 1. The first-order valence-electron chi connectivity index (χ1n) is 7.58. The average Bonchev–Trinajstić information content (AvgIpc) is 2.49. The molecule has 0 spiro atoms. The van der Waals surface area contributed by atoms with Gasteiger partial charge in [-0.3, -0.25) is 9.59 Å². The maximum absolute atomic E-state index is 12.5. The lowest BCUT2D eigenvalue weighted by molar-refractivity contribution is -0.146. The number of amides is 1. The Hall–Kier alpha value is -2.04. The predicted molar refractivity (Wildman–Crippen MR) is 83.0 cm³/mol. The molecule has 2 unspecified atom stereocenters. The van der Waals surface area contributed by atoms with Gasteiger partial charge in [0.05, 0.1) is 19.4 Å². The summed E-state index contributed by atoms with van der Waals surface area (Å²) in [7, 11) is 1.61. The Balaban J connectivity index is 2.08. The first-order valence-corrected chi connectivity index (χ1v) is 7.58. The zero-order chi connectivity index (χ0) is 16.3. The summed E-state index contributed by atoms with van der Waals surface area (Å²) in [6.07, 6.45) is 1.64. The molecule has 5 nitrogen and oxygen atoms in total. The number of methoxy groups -OCH3 is 1. The van der Waals surface area contributed by atoms with Crippen LogP contribution in [0, 0.1) is 12.8 Å². The first-order chi connectivity index (χ1) is 10.4. The van der Waals surface area contributed by atoms with Crippen molar-refractivity contribution < 1.29 is 19.4 Å². The molecule has 0 bridgehead atoms. The summed E-state index contributed by atoms with van der Waals surface area (Å²) < 4.78 is 5.28. The summed E-state index contributed by atoms with van der Waals surface area (Å²) in [5.41, 5.74) is 1.91. The number of carboxylic acid groups (broad SMARTS) is 1. The van der Waals surface area contributed by atoms with Crippen molar-refractivity contribution >= 4 is 11.9 Å². The van der Waals surface area contributed by atoms with Crippen molar-refractivity contribution in [2.45, 2.75) is 39.2 Å². The third kappa shape index (κ3) is 3.59. The summed E-state index contributed by atoms with van der Waals surface area (Å²) in [4.78, 5) is 25.4. The highest BCUT2D eigenvalue weighted by atomic mass is 16.5. The molecule has 0 saturated carbocycles. The molecule has 5 heteroatoms. The molecule has 1 heterocycles. The second-order valence-electron chi connectivity index (χ2n) is 5.99. The topological polar surface area (TPSA) is 66.8 Å². The van der Waals surface area contributed by atoms with Gasteiger partial charge in [-0.15, -0.1) is 0 Å². The van der Waals surface area contributed by atoms with E-state index in [0.29, 0.717) is 13.0 Å². The molecular weight excluding hydrogens is 282 g/mol. The molecule has 120 valence electrons. The fourth-order valence-electron chi connectivity index (χ4n) is 2.91. The Morgan fingerprint density at radius 2 is 2.09 bits per heavy atom. The number of aliphatic carboxylic acids is 1. The van der Waals surface area contributed by atoms with Gasteiger partial charge in [0.15, 0.2) is 0 Å². The SMILES string of the molecule is COc1cc(CC(=O)N2CC(C(=O)O)CCC2C)ccc1C. The van der Waals surface area contributed by atoms with E-state index in [2.05, 4.69) is 0 Å². The molecule has 22 heavy (non-hydrogen) atoms. The van der Waals surface area contributed by atoms with Gasteiger partial charge in [0, 0.05) is 12.6 Å². The van der Waals surface area contributed by atoms with Crippen LogP contribution in [0.15, 0.2) is 18.2 Å². The Morgan fingerprint density at radius 3 is 2.73 bits per heavy atom. The lowest BCUT2D eigenvalue weighted by atomic mass is 9.93. The van der Waals surface area contributed by atoms with E-state index in [1.807, 2.05) is 32.0 Å². The molecule has 1 aliphatic rings. The standard InChI is InChI=1S/C17H23NO4/c1-11-4-6-13(8-15(11)22-3)9-16(19)18-10-14(17(20)21)7-5-12(18)2/h4,6,8,12,14H,5,7,9-10H2,1-3H3,(H,20,21). The highest BCUT2D eigenvalue weighted by Crippen LogP contribution is 2.24. The van der Waals surface area contributed by atoms with Crippen LogP contribution < -0.4 is 4.74 Å². The van der Waals surface area contributed by atoms with Gasteiger partial charge in [-0.25, -0.2) is 0 Å². The molecule has 1 fully saturated rings. The Bertz CT molecular complexity index is 570. The Kier molecular flexibility index (Phi) is 5.06. The van der Waals surface area contributed by atoms with Crippen LogP contribution in [0.1, 0.15) is 30.9 Å². The number of hydrogen-bond acceptors (Lipinski definition) is 3. The predicted octanol–water partition coefficient (Wildman–Crippen LogP) is 2.26. The van der Waals surface area contributed by atoms with Gasteiger partial charge in [0.2, 0.25) is 5.91 Å². The van der Waals surface area contributed by atoms with Gasteiger partial charge in [-0.05, 0) is 43.9 Å². The van der Waals surface area contributed by atoms with E-state index >= 15 is 0 Å². The van der Waals surface area contributed by atoms with Crippen molar-refractivity contribution in [1.82, 2.24) is 4.90 Å². The van der Waals surface area contributed by atoms with Crippen molar-refractivity contribution in [3.63, 3.8) is 0 Å². The number of carboxylic acids is 1. The van der Waals surface area contributed by atoms with E-state index < -0.39 is 11.9 Å². The number of carbonyl (C=O) groups is 2. The van der Waals surface area contributed by atoms with Crippen LogP contribution in [-0.4, -0.2) is 41.6 Å². The molecule has 2 atom stereocenters. The van der Waals surface area contributed by atoms with Crippen molar-refractivity contribution in [3.8, 4) is 5.75 Å². The molecule has 1 aromatic carbocycles. The van der Waals surface area contributed by atoms with Gasteiger partial charge in [-0.2, -0.15) is 0 Å². The van der Waals surface area contributed by atoms with Crippen LogP contribution in [0.3, 0.4) is 0 Å². The van der Waals surface area contributed by atoms with Crippen LogP contribution in [0.25, 0.3) is 0 Å². The average molecular weight is 305 g/mol. The maximum atomic E-state index is 12.5. The van der Waals surface area contributed by atoms with Gasteiger partial charge in [-0.1, -0.05) is 12.1 Å². The monoisotopic (exact) mass is 305 g/mol. The second-order valence-corrected chi connectivity index (χ2v) is 5.99. The van der Waals surface area contributed by atoms with E-state index in [-0.39, 0.29) is 18.4 Å². The third-order valence-electron chi connectivity index (χ3n) is 4.38. The molecular formula is C17H23NO4. The van der Waals surface area contributed by atoms with Crippen molar-refractivity contribution in [2.75, 3.05) is 13.7 Å².